The molecule has 3 rings (SSSR count). The number of nitrogen functional groups attached to an aromatic ring is 1. The second-order valence-corrected chi connectivity index (χ2v) is 4.65. The molecule has 3 aromatic rings. The highest BCUT2D eigenvalue weighted by Gasteiger charge is 2.12. The zero-order valence-corrected chi connectivity index (χ0v) is 10.9. The molecule has 0 aliphatic rings. The van der Waals surface area contributed by atoms with Crippen LogP contribution in [0, 0.1) is 17.1 Å². The summed E-state index contributed by atoms with van der Waals surface area (Å²) in [5.74, 6) is -0.319. The van der Waals surface area contributed by atoms with Crippen LogP contribution in [-0.4, -0.2) is 9.55 Å². The molecule has 4 nitrogen and oxygen atoms in total. The highest BCUT2D eigenvalue weighted by molar-refractivity contribution is 6.31. The number of hydrogen-bond acceptors (Lipinski definition) is 3. The van der Waals surface area contributed by atoms with Crippen molar-refractivity contribution in [3.8, 4) is 11.8 Å². The van der Waals surface area contributed by atoms with Gasteiger partial charge in [-0.1, -0.05) is 11.6 Å². The molecule has 0 spiro atoms. The van der Waals surface area contributed by atoms with Gasteiger partial charge < -0.3 is 5.73 Å². The largest absolute Gasteiger partial charge is 0.369 e. The van der Waals surface area contributed by atoms with Gasteiger partial charge in [0.2, 0.25) is 5.95 Å². The van der Waals surface area contributed by atoms with Crippen LogP contribution in [0.1, 0.15) is 5.56 Å². The van der Waals surface area contributed by atoms with Crippen LogP contribution in [0.15, 0.2) is 36.4 Å². The summed E-state index contributed by atoms with van der Waals surface area (Å²) in [6, 6.07) is 11.2. The van der Waals surface area contributed by atoms with Crippen molar-refractivity contribution in [2.45, 2.75) is 0 Å². The van der Waals surface area contributed by atoms with Crippen LogP contribution in [0.3, 0.4) is 0 Å². The Kier molecular flexibility index (Phi) is 2.81. The number of hydrogen-bond donors (Lipinski definition) is 1. The van der Waals surface area contributed by atoms with Gasteiger partial charge >= 0.3 is 0 Å². The van der Waals surface area contributed by atoms with Gasteiger partial charge in [-0.2, -0.15) is 5.26 Å². The van der Waals surface area contributed by atoms with E-state index in [1.165, 1.54) is 12.1 Å². The molecular formula is C14H8ClFN4. The van der Waals surface area contributed by atoms with Crippen molar-refractivity contribution in [3.05, 3.63) is 52.8 Å². The number of nitrogens with zero attached hydrogens (tertiary/aromatic N) is 3. The number of halogens is 2. The minimum Gasteiger partial charge on any atom is -0.369 e. The van der Waals surface area contributed by atoms with Crippen molar-refractivity contribution >= 4 is 28.6 Å². The first-order valence-electron chi connectivity index (χ1n) is 5.73. The summed E-state index contributed by atoms with van der Waals surface area (Å²) >= 11 is 5.91. The van der Waals surface area contributed by atoms with E-state index in [0.717, 1.165) is 5.52 Å². The van der Waals surface area contributed by atoms with Crippen LogP contribution < -0.4 is 5.73 Å². The predicted molar refractivity (Wildman–Crippen MR) is 75.2 cm³/mol. The lowest BCUT2D eigenvalue weighted by Crippen LogP contribution is -2.01. The number of aromatic nitrogens is 2. The Labute approximate surface area is 118 Å². The lowest BCUT2D eigenvalue weighted by molar-refractivity contribution is 0.623. The van der Waals surface area contributed by atoms with E-state index in [9.17, 15) is 4.39 Å². The second-order valence-electron chi connectivity index (χ2n) is 4.21. The molecule has 0 fully saturated rings. The molecule has 98 valence electrons. The van der Waals surface area contributed by atoms with Crippen LogP contribution in [0.4, 0.5) is 10.3 Å². The maximum atomic E-state index is 13.4. The van der Waals surface area contributed by atoms with Crippen molar-refractivity contribution in [3.63, 3.8) is 0 Å². The van der Waals surface area contributed by atoms with Gasteiger partial charge in [0.1, 0.15) is 11.9 Å². The van der Waals surface area contributed by atoms with Crippen LogP contribution in [-0.2, 0) is 0 Å². The summed E-state index contributed by atoms with van der Waals surface area (Å²) in [5, 5.41) is 9.45. The molecule has 0 saturated heterocycles. The Bertz CT molecular complexity index is 863. The molecule has 0 bridgehead atoms. The van der Waals surface area contributed by atoms with Gasteiger partial charge in [-0.25, -0.2) is 9.37 Å². The maximum absolute atomic E-state index is 13.4. The fourth-order valence-electron chi connectivity index (χ4n) is 2.08. The van der Waals surface area contributed by atoms with Crippen LogP contribution >= 0.6 is 11.6 Å². The van der Waals surface area contributed by atoms with Gasteiger partial charge in [0.15, 0.2) is 0 Å². The number of benzene rings is 2. The molecule has 0 atom stereocenters. The first-order chi connectivity index (χ1) is 9.60. The van der Waals surface area contributed by atoms with Crippen LogP contribution in [0.25, 0.3) is 16.7 Å². The normalized spacial score (nSPS) is 10.7. The molecule has 0 radical (unpaired) electrons. The lowest BCUT2D eigenvalue weighted by atomic mass is 10.2. The molecule has 0 amide bonds. The third-order valence-corrected chi connectivity index (χ3v) is 3.21. The topological polar surface area (TPSA) is 67.6 Å². The summed E-state index contributed by atoms with van der Waals surface area (Å²) in [7, 11) is 0. The molecule has 0 aliphatic carbocycles. The minimum atomic E-state index is -0.567. The van der Waals surface area contributed by atoms with Crippen LogP contribution in [0.2, 0.25) is 5.02 Å². The van der Waals surface area contributed by atoms with Gasteiger partial charge in [0, 0.05) is 5.02 Å². The lowest BCUT2D eigenvalue weighted by Gasteiger charge is -2.07. The van der Waals surface area contributed by atoms with Gasteiger partial charge in [-0.15, -0.1) is 0 Å². The fraction of sp³-hybridized carbons (Fsp3) is 0. The Balaban J connectivity index is 2.29. The summed E-state index contributed by atoms with van der Waals surface area (Å²) in [4.78, 5) is 4.21. The molecule has 1 aromatic heterocycles. The zero-order chi connectivity index (χ0) is 14.3. The Morgan fingerprint density at radius 1 is 1.25 bits per heavy atom. The van der Waals surface area contributed by atoms with E-state index in [2.05, 4.69) is 4.98 Å². The van der Waals surface area contributed by atoms with E-state index in [4.69, 9.17) is 22.6 Å². The Morgan fingerprint density at radius 3 is 2.80 bits per heavy atom. The van der Waals surface area contributed by atoms with E-state index >= 15 is 0 Å². The van der Waals surface area contributed by atoms with Gasteiger partial charge in [0.25, 0.3) is 0 Å². The average molecular weight is 287 g/mol. The van der Waals surface area contributed by atoms with E-state index in [1.54, 1.807) is 34.9 Å². The smallest absolute Gasteiger partial charge is 0.205 e. The van der Waals surface area contributed by atoms with Crippen molar-refractivity contribution in [1.29, 1.82) is 5.26 Å². The average Bonchev–Trinajstić information content (AvgIpc) is 2.74. The van der Waals surface area contributed by atoms with Gasteiger partial charge in [-0.3, -0.25) is 4.57 Å². The minimum absolute atomic E-state index is 0.0438. The van der Waals surface area contributed by atoms with Gasteiger partial charge in [0.05, 0.1) is 22.3 Å². The third kappa shape index (κ3) is 1.87. The molecular weight excluding hydrogens is 279 g/mol. The third-order valence-electron chi connectivity index (χ3n) is 2.97. The van der Waals surface area contributed by atoms with E-state index < -0.39 is 5.82 Å². The molecule has 0 saturated carbocycles. The Morgan fingerprint density at radius 2 is 2.05 bits per heavy atom. The molecule has 0 unspecified atom stereocenters. The van der Waals surface area contributed by atoms with E-state index in [0.29, 0.717) is 16.2 Å². The van der Waals surface area contributed by atoms with Crippen molar-refractivity contribution in [2.75, 3.05) is 5.73 Å². The molecule has 0 aliphatic heterocycles. The van der Waals surface area contributed by atoms with Gasteiger partial charge in [-0.05, 0) is 36.4 Å². The number of fused-ring (bicyclic) bond motifs is 1. The number of nitriles is 1. The summed E-state index contributed by atoms with van der Waals surface area (Å²) in [6.45, 7) is 0. The zero-order valence-electron chi connectivity index (χ0n) is 10.1. The van der Waals surface area contributed by atoms with Crippen molar-refractivity contribution in [2.24, 2.45) is 0 Å². The molecule has 20 heavy (non-hydrogen) atoms. The number of imidazole rings is 1. The van der Waals surface area contributed by atoms with Crippen LogP contribution in [0.5, 0.6) is 0 Å². The molecule has 2 N–H and O–H groups in total. The first kappa shape index (κ1) is 12.5. The van der Waals surface area contributed by atoms with E-state index in [1.807, 2.05) is 0 Å². The summed E-state index contributed by atoms with van der Waals surface area (Å²) in [5.41, 5.74) is 7.80. The predicted octanol–water partition coefficient (Wildman–Crippen LogP) is 3.27. The quantitative estimate of drug-likeness (QED) is 0.746. The number of anilines is 1. The number of nitrogens with two attached hydrogens (primary N) is 1. The molecule has 2 aromatic carbocycles. The van der Waals surface area contributed by atoms with Crippen molar-refractivity contribution < 1.29 is 4.39 Å². The fourth-order valence-corrected chi connectivity index (χ4v) is 2.25. The second kappa shape index (κ2) is 4.51. The number of rotatable bonds is 1. The van der Waals surface area contributed by atoms with E-state index in [-0.39, 0.29) is 11.5 Å². The first-order valence-corrected chi connectivity index (χ1v) is 6.11. The molecule has 6 heteroatoms. The summed E-state index contributed by atoms with van der Waals surface area (Å²) < 4.78 is 15.0. The SMILES string of the molecule is N#Cc1cc(-n2c(N)nc3cc(Cl)ccc32)ccc1F. The standard InChI is InChI=1S/C14H8ClFN4/c15-9-1-4-13-12(6-9)19-14(18)20(13)10-2-3-11(16)8(5-10)7-17/h1-6H,(H2,18,19). The Hall–Kier alpha value is -2.58. The summed E-state index contributed by atoms with van der Waals surface area (Å²) in [6.07, 6.45) is 0. The van der Waals surface area contributed by atoms with Crippen molar-refractivity contribution in [1.82, 2.24) is 9.55 Å². The maximum Gasteiger partial charge on any atom is 0.205 e. The highest BCUT2D eigenvalue weighted by Crippen LogP contribution is 2.26. The monoisotopic (exact) mass is 286 g/mol. The molecule has 1 heterocycles. The highest BCUT2D eigenvalue weighted by atomic mass is 35.5.